The van der Waals surface area contributed by atoms with Gasteiger partial charge in [0.25, 0.3) is 5.91 Å². The number of carbonyl (C=O) groups is 1. The van der Waals surface area contributed by atoms with Gasteiger partial charge in [-0.2, -0.15) is 0 Å². The van der Waals surface area contributed by atoms with E-state index in [0.29, 0.717) is 30.5 Å². The zero-order valence-electron chi connectivity index (χ0n) is 16.6. The first-order valence-electron chi connectivity index (χ1n) is 9.59. The molecule has 0 aliphatic carbocycles. The van der Waals surface area contributed by atoms with Crippen molar-refractivity contribution in [2.75, 3.05) is 11.9 Å². The Kier molecular flexibility index (Phi) is 6.37. The van der Waals surface area contributed by atoms with Crippen molar-refractivity contribution in [2.45, 2.75) is 33.2 Å². The predicted octanol–water partition coefficient (Wildman–Crippen LogP) is 5.01. The number of aromatic nitrogens is 2. The topological polar surface area (TPSA) is 58.1 Å². The summed E-state index contributed by atoms with van der Waals surface area (Å²) < 4.78 is 0. The van der Waals surface area contributed by atoms with Gasteiger partial charge in [-0.25, -0.2) is 9.97 Å². The number of anilines is 2. The minimum Gasteiger partial charge on any atom is -0.339 e. The van der Waals surface area contributed by atoms with E-state index in [1.54, 1.807) is 11.1 Å². The smallest absolute Gasteiger partial charge is 0.274 e. The fraction of sp³-hybridized carbons (Fsp3) is 0.261. The molecule has 0 fully saturated rings. The van der Waals surface area contributed by atoms with E-state index >= 15 is 0 Å². The number of amides is 1. The van der Waals surface area contributed by atoms with Gasteiger partial charge in [-0.05, 0) is 36.1 Å². The minimum absolute atomic E-state index is 0.119. The third-order valence-corrected chi connectivity index (χ3v) is 4.61. The number of benzene rings is 2. The summed E-state index contributed by atoms with van der Waals surface area (Å²) in [6.07, 6.45) is 3.13. The molecule has 5 heteroatoms. The highest BCUT2D eigenvalue weighted by atomic mass is 16.2. The molecule has 28 heavy (non-hydrogen) atoms. The Morgan fingerprint density at radius 2 is 1.71 bits per heavy atom. The standard InChI is InChI=1S/C23H26N4O/c1-4-27(16-18-8-6-5-7-9-18)23(28)21-14-25-22(15-24-21)26-20-12-10-19(11-13-20)17(2)3/h5-15,17H,4,16H2,1-3H3,(H,25,26). The number of hydrogen-bond acceptors (Lipinski definition) is 4. The molecule has 1 N–H and O–H groups in total. The lowest BCUT2D eigenvalue weighted by Gasteiger charge is -2.20. The molecule has 0 atom stereocenters. The van der Waals surface area contributed by atoms with E-state index in [2.05, 4.69) is 41.3 Å². The van der Waals surface area contributed by atoms with Crippen LogP contribution in [-0.2, 0) is 6.54 Å². The van der Waals surface area contributed by atoms with Crippen LogP contribution in [0.1, 0.15) is 48.3 Å². The van der Waals surface area contributed by atoms with Crippen molar-refractivity contribution < 1.29 is 4.79 Å². The van der Waals surface area contributed by atoms with Crippen molar-refractivity contribution in [3.63, 3.8) is 0 Å². The van der Waals surface area contributed by atoms with Gasteiger partial charge in [0, 0.05) is 18.8 Å². The predicted molar refractivity (Wildman–Crippen MR) is 113 cm³/mol. The third kappa shape index (κ3) is 4.94. The molecule has 0 aliphatic rings. The molecular formula is C23H26N4O. The van der Waals surface area contributed by atoms with Gasteiger partial charge in [0.1, 0.15) is 11.5 Å². The largest absolute Gasteiger partial charge is 0.339 e. The average molecular weight is 374 g/mol. The van der Waals surface area contributed by atoms with Crippen molar-refractivity contribution in [1.29, 1.82) is 0 Å². The van der Waals surface area contributed by atoms with Gasteiger partial charge in [0.05, 0.1) is 12.4 Å². The van der Waals surface area contributed by atoms with Crippen LogP contribution < -0.4 is 5.32 Å². The molecule has 0 spiro atoms. The van der Waals surface area contributed by atoms with Gasteiger partial charge in [0.2, 0.25) is 0 Å². The summed E-state index contributed by atoms with van der Waals surface area (Å²) in [6.45, 7) is 7.46. The SMILES string of the molecule is CCN(Cc1ccccc1)C(=O)c1cnc(Nc2ccc(C(C)C)cc2)cn1. The molecule has 3 aromatic rings. The van der Waals surface area contributed by atoms with Crippen molar-refractivity contribution in [3.8, 4) is 0 Å². The Bertz CT molecular complexity index is 890. The molecule has 1 amide bonds. The highest BCUT2D eigenvalue weighted by Crippen LogP contribution is 2.19. The molecule has 144 valence electrons. The van der Waals surface area contributed by atoms with Crippen LogP contribution in [0.2, 0.25) is 0 Å². The first-order chi connectivity index (χ1) is 13.6. The molecule has 1 aromatic heterocycles. The monoisotopic (exact) mass is 374 g/mol. The molecule has 3 rings (SSSR count). The number of rotatable bonds is 7. The quantitative estimate of drug-likeness (QED) is 0.632. The van der Waals surface area contributed by atoms with Crippen LogP contribution in [0.25, 0.3) is 0 Å². The maximum absolute atomic E-state index is 12.8. The van der Waals surface area contributed by atoms with Crippen molar-refractivity contribution in [1.82, 2.24) is 14.9 Å². The summed E-state index contributed by atoms with van der Waals surface area (Å²) in [6, 6.07) is 18.2. The molecule has 0 saturated heterocycles. The normalized spacial score (nSPS) is 10.7. The van der Waals surface area contributed by atoms with Crippen LogP contribution in [0.15, 0.2) is 67.0 Å². The molecule has 0 bridgehead atoms. The van der Waals surface area contributed by atoms with E-state index in [0.717, 1.165) is 11.3 Å². The third-order valence-electron chi connectivity index (χ3n) is 4.61. The lowest BCUT2D eigenvalue weighted by atomic mass is 10.0. The van der Waals surface area contributed by atoms with Gasteiger partial charge in [-0.15, -0.1) is 0 Å². The van der Waals surface area contributed by atoms with Crippen molar-refractivity contribution in [3.05, 3.63) is 83.8 Å². The lowest BCUT2D eigenvalue weighted by Crippen LogP contribution is -2.31. The summed E-state index contributed by atoms with van der Waals surface area (Å²) in [5.41, 5.74) is 3.67. The van der Waals surface area contributed by atoms with E-state index in [1.807, 2.05) is 49.4 Å². The first-order valence-corrected chi connectivity index (χ1v) is 9.59. The first kappa shape index (κ1) is 19.5. The highest BCUT2D eigenvalue weighted by molar-refractivity contribution is 5.92. The maximum atomic E-state index is 12.8. The fourth-order valence-electron chi connectivity index (χ4n) is 2.90. The number of hydrogen-bond donors (Lipinski definition) is 1. The Morgan fingerprint density at radius 3 is 2.29 bits per heavy atom. The average Bonchev–Trinajstić information content (AvgIpc) is 2.73. The summed E-state index contributed by atoms with van der Waals surface area (Å²) in [4.78, 5) is 23.2. The zero-order valence-corrected chi connectivity index (χ0v) is 16.6. The second-order valence-corrected chi connectivity index (χ2v) is 6.99. The Morgan fingerprint density at radius 1 is 1.00 bits per heavy atom. The van der Waals surface area contributed by atoms with Gasteiger partial charge < -0.3 is 10.2 Å². The van der Waals surface area contributed by atoms with E-state index < -0.39 is 0 Å². The van der Waals surface area contributed by atoms with Crippen LogP contribution in [0.3, 0.4) is 0 Å². The summed E-state index contributed by atoms with van der Waals surface area (Å²) >= 11 is 0. The van der Waals surface area contributed by atoms with Crippen LogP contribution in [0, 0.1) is 0 Å². The molecular weight excluding hydrogens is 348 g/mol. The number of nitrogens with one attached hydrogen (secondary N) is 1. The van der Waals surface area contributed by atoms with Gasteiger partial charge in [-0.1, -0.05) is 56.3 Å². The summed E-state index contributed by atoms with van der Waals surface area (Å²) in [7, 11) is 0. The molecule has 0 aliphatic heterocycles. The van der Waals surface area contributed by atoms with Crippen LogP contribution in [0.4, 0.5) is 11.5 Å². The minimum atomic E-state index is -0.119. The van der Waals surface area contributed by atoms with Crippen molar-refractivity contribution >= 4 is 17.4 Å². The molecule has 0 unspecified atom stereocenters. The number of nitrogens with zero attached hydrogens (tertiary/aromatic N) is 3. The molecule has 2 aromatic carbocycles. The van der Waals surface area contributed by atoms with Crippen molar-refractivity contribution in [2.24, 2.45) is 0 Å². The highest BCUT2D eigenvalue weighted by Gasteiger charge is 2.16. The van der Waals surface area contributed by atoms with Crippen LogP contribution in [0.5, 0.6) is 0 Å². The van der Waals surface area contributed by atoms with E-state index in [9.17, 15) is 4.79 Å². The number of carbonyl (C=O) groups excluding carboxylic acids is 1. The fourth-order valence-corrected chi connectivity index (χ4v) is 2.90. The Hall–Kier alpha value is -3.21. The Balaban J connectivity index is 1.66. The second-order valence-electron chi connectivity index (χ2n) is 6.99. The second kappa shape index (κ2) is 9.13. The molecule has 1 heterocycles. The molecule has 0 radical (unpaired) electrons. The zero-order chi connectivity index (χ0) is 19.9. The molecule has 0 saturated carbocycles. The summed E-state index contributed by atoms with van der Waals surface area (Å²) in [5.74, 6) is 0.989. The van der Waals surface area contributed by atoms with E-state index in [-0.39, 0.29) is 5.91 Å². The maximum Gasteiger partial charge on any atom is 0.274 e. The van der Waals surface area contributed by atoms with Gasteiger partial charge in [-0.3, -0.25) is 4.79 Å². The molecule has 5 nitrogen and oxygen atoms in total. The van der Waals surface area contributed by atoms with Crippen LogP contribution in [-0.4, -0.2) is 27.3 Å². The van der Waals surface area contributed by atoms with Gasteiger partial charge >= 0.3 is 0 Å². The van der Waals surface area contributed by atoms with Crippen LogP contribution >= 0.6 is 0 Å². The van der Waals surface area contributed by atoms with E-state index in [4.69, 9.17) is 0 Å². The van der Waals surface area contributed by atoms with Gasteiger partial charge in [0.15, 0.2) is 0 Å². The lowest BCUT2D eigenvalue weighted by molar-refractivity contribution is 0.0746. The van der Waals surface area contributed by atoms with E-state index in [1.165, 1.54) is 11.8 Å². The summed E-state index contributed by atoms with van der Waals surface area (Å²) in [5, 5.41) is 3.22. The Labute approximate surface area is 166 Å².